The third-order valence-electron chi connectivity index (χ3n) is 2.65. The molecule has 0 saturated carbocycles. The molecule has 0 aromatic heterocycles. The molecule has 1 aromatic rings. The molecule has 0 radical (unpaired) electrons. The Morgan fingerprint density at radius 3 is 2.67 bits per heavy atom. The van der Waals surface area contributed by atoms with Gasteiger partial charge in [-0.3, -0.25) is 0 Å². The predicted molar refractivity (Wildman–Crippen MR) is 53.2 cm³/mol. The minimum absolute atomic E-state index is 0.466. The van der Waals surface area contributed by atoms with Gasteiger partial charge in [-0.1, -0.05) is 30.3 Å². The van der Waals surface area contributed by atoms with Crippen LogP contribution in [0.15, 0.2) is 30.3 Å². The topological polar surface area (TPSA) is 29.5 Å². The molecule has 15 heavy (non-hydrogen) atoms. The van der Waals surface area contributed by atoms with Crippen LogP contribution >= 0.6 is 0 Å². The second-order valence-electron chi connectivity index (χ2n) is 3.55. The predicted octanol–water partition coefficient (Wildman–Crippen LogP) is 2.15. The highest BCUT2D eigenvalue weighted by atomic mass is 19.1. The molecule has 4 heteroatoms. The van der Waals surface area contributed by atoms with Crippen LogP contribution in [-0.2, 0) is 4.74 Å². The maximum absolute atomic E-state index is 12.8. The van der Waals surface area contributed by atoms with Gasteiger partial charge in [0.1, 0.15) is 12.7 Å². The Balaban J connectivity index is 2.27. The Labute approximate surface area is 87.5 Å². The number of ether oxygens (including phenoxy) is 1. The number of amides is 1. The molecule has 1 fully saturated rings. The van der Waals surface area contributed by atoms with Crippen molar-refractivity contribution in [3.8, 4) is 0 Å². The van der Waals surface area contributed by atoms with Crippen LogP contribution in [0.2, 0.25) is 0 Å². The molecule has 2 rings (SSSR count). The highest BCUT2D eigenvalue weighted by Gasteiger charge is 2.40. The fourth-order valence-electron chi connectivity index (χ4n) is 1.73. The summed E-state index contributed by atoms with van der Waals surface area (Å²) in [4.78, 5) is 12.6. The van der Waals surface area contributed by atoms with Crippen LogP contribution < -0.4 is 0 Å². The van der Waals surface area contributed by atoms with Gasteiger partial charge in [-0.25, -0.2) is 9.18 Å². The molecule has 3 nitrogen and oxygen atoms in total. The molecule has 1 aliphatic rings. The first-order valence-corrected chi connectivity index (χ1v) is 4.78. The Hall–Kier alpha value is -1.58. The Bertz CT molecular complexity index is 355. The van der Waals surface area contributed by atoms with Crippen molar-refractivity contribution in [3.05, 3.63) is 35.9 Å². The van der Waals surface area contributed by atoms with E-state index in [0.717, 1.165) is 5.56 Å². The van der Waals surface area contributed by atoms with Crippen molar-refractivity contribution in [2.75, 3.05) is 13.7 Å². The normalized spacial score (nSPS) is 25.5. The number of likely N-dealkylation sites (N-methyl/N-ethyl adjacent to an activating group) is 1. The van der Waals surface area contributed by atoms with Crippen molar-refractivity contribution >= 4 is 6.09 Å². The zero-order valence-electron chi connectivity index (χ0n) is 8.39. The lowest BCUT2D eigenvalue weighted by Gasteiger charge is -2.17. The summed E-state index contributed by atoms with van der Waals surface area (Å²) in [6.07, 6.45) is -0.958. The van der Waals surface area contributed by atoms with Crippen LogP contribution in [0, 0.1) is 0 Å². The van der Waals surface area contributed by atoms with Gasteiger partial charge >= 0.3 is 6.09 Å². The monoisotopic (exact) mass is 209 g/mol. The van der Waals surface area contributed by atoms with Crippen LogP contribution in [0.3, 0.4) is 0 Å². The lowest BCUT2D eigenvalue weighted by atomic mass is 10.0. The van der Waals surface area contributed by atoms with E-state index in [1.165, 1.54) is 4.90 Å². The zero-order valence-corrected chi connectivity index (χ0v) is 8.39. The lowest BCUT2D eigenvalue weighted by Crippen LogP contribution is -2.32. The van der Waals surface area contributed by atoms with E-state index >= 15 is 0 Å². The number of halogens is 1. The summed E-state index contributed by atoms with van der Waals surface area (Å²) in [5.41, 5.74) is 0.831. The molecule has 1 amide bonds. The van der Waals surface area contributed by atoms with Gasteiger partial charge in [-0.05, 0) is 5.56 Å². The highest BCUT2D eigenvalue weighted by Crippen LogP contribution is 2.31. The largest absolute Gasteiger partial charge is 0.439 e. The number of carbonyl (C=O) groups is 1. The van der Waals surface area contributed by atoms with E-state index in [4.69, 9.17) is 4.74 Å². The maximum Gasteiger partial charge on any atom is 0.410 e. The molecule has 0 bridgehead atoms. The summed E-state index contributed by atoms with van der Waals surface area (Å²) in [7, 11) is 1.55. The van der Waals surface area contributed by atoms with Gasteiger partial charge in [0.25, 0.3) is 0 Å². The number of benzene rings is 1. The van der Waals surface area contributed by atoms with Gasteiger partial charge in [0, 0.05) is 7.05 Å². The van der Waals surface area contributed by atoms with Crippen molar-refractivity contribution in [1.82, 2.24) is 4.90 Å². The van der Waals surface area contributed by atoms with Crippen molar-refractivity contribution in [3.63, 3.8) is 0 Å². The molecule has 0 spiro atoms. The average molecular weight is 209 g/mol. The van der Waals surface area contributed by atoms with E-state index in [1.54, 1.807) is 7.05 Å². The number of rotatable bonds is 2. The second-order valence-corrected chi connectivity index (χ2v) is 3.55. The number of nitrogens with zero attached hydrogens (tertiary/aromatic N) is 1. The van der Waals surface area contributed by atoms with E-state index in [-0.39, 0.29) is 0 Å². The molecule has 2 atom stereocenters. The van der Waals surface area contributed by atoms with Gasteiger partial charge in [-0.15, -0.1) is 0 Å². The van der Waals surface area contributed by atoms with Crippen molar-refractivity contribution in [2.45, 2.75) is 12.1 Å². The van der Waals surface area contributed by atoms with E-state index in [1.807, 2.05) is 30.3 Å². The van der Waals surface area contributed by atoms with E-state index < -0.39 is 24.9 Å². The first-order valence-electron chi connectivity index (χ1n) is 4.78. The standard InChI is InChI=1S/C11H12FNO2/c1-13-9(7-12)10(15-11(13)14)8-5-3-2-4-6-8/h2-6,9-10H,7H2,1H3. The van der Waals surface area contributed by atoms with Gasteiger partial charge < -0.3 is 9.64 Å². The first kappa shape index (κ1) is 9.96. The van der Waals surface area contributed by atoms with Gasteiger partial charge in [0.15, 0.2) is 6.10 Å². The number of cyclic esters (lactones) is 1. The van der Waals surface area contributed by atoms with Crippen LogP contribution in [0.25, 0.3) is 0 Å². The summed E-state index contributed by atoms with van der Waals surface area (Å²) in [5.74, 6) is 0. The Morgan fingerprint density at radius 1 is 1.40 bits per heavy atom. The van der Waals surface area contributed by atoms with Gasteiger partial charge in [-0.2, -0.15) is 0 Å². The van der Waals surface area contributed by atoms with Crippen LogP contribution in [-0.4, -0.2) is 30.8 Å². The van der Waals surface area contributed by atoms with Crippen LogP contribution in [0.1, 0.15) is 11.7 Å². The maximum atomic E-state index is 12.8. The summed E-state index contributed by atoms with van der Waals surface area (Å²) < 4.78 is 17.9. The molecule has 1 aromatic carbocycles. The van der Waals surface area contributed by atoms with Crippen LogP contribution in [0.5, 0.6) is 0 Å². The Morgan fingerprint density at radius 2 is 2.07 bits per heavy atom. The minimum atomic E-state index is -0.595. The lowest BCUT2D eigenvalue weighted by molar-refractivity contribution is 0.128. The molecular formula is C11H12FNO2. The highest BCUT2D eigenvalue weighted by molar-refractivity contribution is 5.70. The molecule has 1 saturated heterocycles. The first-order chi connectivity index (χ1) is 7.24. The number of carbonyl (C=O) groups excluding carboxylic acids is 1. The molecular weight excluding hydrogens is 197 g/mol. The van der Waals surface area contributed by atoms with Gasteiger partial charge in [0.05, 0.1) is 0 Å². The third-order valence-corrected chi connectivity index (χ3v) is 2.65. The van der Waals surface area contributed by atoms with Crippen molar-refractivity contribution in [2.24, 2.45) is 0 Å². The molecule has 80 valence electrons. The molecule has 1 heterocycles. The fraction of sp³-hybridized carbons (Fsp3) is 0.364. The smallest absolute Gasteiger partial charge is 0.410 e. The zero-order chi connectivity index (χ0) is 10.8. The van der Waals surface area contributed by atoms with Gasteiger partial charge in [0.2, 0.25) is 0 Å². The quantitative estimate of drug-likeness (QED) is 0.746. The minimum Gasteiger partial charge on any atom is -0.439 e. The van der Waals surface area contributed by atoms with E-state index in [2.05, 4.69) is 0 Å². The Kier molecular flexibility index (Phi) is 2.58. The number of hydrogen-bond acceptors (Lipinski definition) is 2. The second kappa shape index (κ2) is 3.88. The average Bonchev–Trinajstić information content (AvgIpc) is 2.56. The molecule has 2 unspecified atom stereocenters. The third kappa shape index (κ3) is 1.67. The summed E-state index contributed by atoms with van der Waals surface area (Å²) in [5, 5.41) is 0. The van der Waals surface area contributed by atoms with Crippen molar-refractivity contribution < 1.29 is 13.9 Å². The SMILES string of the molecule is CN1C(=O)OC(c2ccccc2)C1CF. The molecule has 0 aliphatic carbocycles. The fourth-order valence-corrected chi connectivity index (χ4v) is 1.73. The summed E-state index contributed by atoms with van der Waals surface area (Å²) in [6.45, 7) is -0.595. The molecule has 0 N–H and O–H groups in total. The number of alkyl halides is 1. The number of hydrogen-bond donors (Lipinski definition) is 0. The van der Waals surface area contributed by atoms with Crippen molar-refractivity contribution in [1.29, 1.82) is 0 Å². The summed E-state index contributed by atoms with van der Waals surface area (Å²) in [6, 6.07) is 8.71. The van der Waals surface area contributed by atoms with E-state index in [0.29, 0.717) is 0 Å². The van der Waals surface area contributed by atoms with E-state index in [9.17, 15) is 9.18 Å². The molecule has 1 aliphatic heterocycles. The summed E-state index contributed by atoms with van der Waals surface area (Å²) >= 11 is 0. The van der Waals surface area contributed by atoms with Crippen LogP contribution in [0.4, 0.5) is 9.18 Å².